The zero-order valence-electron chi connectivity index (χ0n) is 15.7. The van der Waals surface area contributed by atoms with Gasteiger partial charge in [0.15, 0.2) is 0 Å². The van der Waals surface area contributed by atoms with Gasteiger partial charge in [0.25, 0.3) is 0 Å². The van der Waals surface area contributed by atoms with Crippen molar-refractivity contribution < 1.29 is 13.2 Å². The molecule has 0 heterocycles. The van der Waals surface area contributed by atoms with Crippen LogP contribution >= 0.6 is 0 Å². The minimum Gasteiger partial charge on any atom is -0.341 e. The Labute approximate surface area is 151 Å². The van der Waals surface area contributed by atoms with Gasteiger partial charge in [-0.1, -0.05) is 32.8 Å². The van der Waals surface area contributed by atoms with Crippen molar-refractivity contribution in [2.75, 3.05) is 7.05 Å². The Morgan fingerprint density at radius 3 is 2.36 bits per heavy atom. The maximum absolute atomic E-state index is 12.7. The lowest BCUT2D eigenvalue weighted by atomic mass is 10.0. The van der Waals surface area contributed by atoms with E-state index in [9.17, 15) is 13.2 Å². The number of carbonyl (C=O) groups excluding carboxylic acids is 1. The molecule has 1 unspecified atom stereocenters. The van der Waals surface area contributed by atoms with Gasteiger partial charge in [0.1, 0.15) is 0 Å². The van der Waals surface area contributed by atoms with Gasteiger partial charge in [0.05, 0.1) is 10.9 Å². The van der Waals surface area contributed by atoms with Crippen molar-refractivity contribution in [3.63, 3.8) is 0 Å². The van der Waals surface area contributed by atoms with Crippen LogP contribution in [0.2, 0.25) is 0 Å². The van der Waals surface area contributed by atoms with Crippen LogP contribution in [-0.2, 0) is 27.7 Å². The molecule has 0 saturated heterocycles. The Hall–Kier alpha value is -1.40. The van der Waals surface area contributed by atoms with E-state index < -0.39 is 16.1 Å². The van der Waals surface area contributed by atoms with Gasteiger partial charge >= 0.3 is 0 Å². The molecule has 2 rings (SSSR count). The molecule has 1 saturated carbocycles. The van der Waals surface area contributed by atoms with E-state index in [1.807, 2.05) is 13.0 Å². The molecule has 25 heavy (non-hydrogen) atoms. The Morgan fingerprint density at radius 1 is 1.20 bits per heavy atom. The molecule has 6 heteroatoms. The molecule has 0 aliphatic heterocycles. The lowest BCUT2D eigenvalue weighted by Gasteiger charge is -2.27. The van der Waals surface area contributed by atoms with E-state index in [4.69, 9.17) is 0 Å². The molecule has 1 aliphatic rings. The van der Waals surface area contributed by atoms with Gasteiger partial charge < -0.3 is 4.90 Å². The fourth-order valence-corrected chi connectivity index (χ4v) is 4.82. The van der Waals surface area contributed by atoms with Crippen LogP contribution in [0.1, 0.15) is 57.6 Å². The zero-order chi connectivity index (χ0) is 18.6. The average Bonchev–Trinajstić information content (AvgIpc) is 3.13. The minimum atomic E-state index is -3.72. The van der Waals surface area contributed by atoms with Crippen LogP contribution in [0.15, 0.2) is 23.1 Å². The first-order chi connectivity index (χ1) is 11.8. The van der Waals surface area contributed by atoms with Crippen LogP contribution in [-0.4, -0.2) is 38.4 Å². The van der Waals surface area contributed by atoms with Crippen molar-refractivity contribution >= 4 is 15.9 Å². The second-order valence-corrected chi connectivity index (χ2v) is 8.58. The highest BCUT2D eigenvalue weighted by atomic mass is 32.2. The predicted molar refractivity (Wildman–Crippen MR) is 100 cm³/mol. The number of likely N-dealkylation sites (N-methyl/N-ethyl adjacent to an activating group) is 1. The Bertz CT molecular complexity index is 709. The lowest BCUT2D eigenvalue weighted by molar-refractivity contribution is -0.133. The summed E-state index contributed by atoms with van der Waals surface area (Å²) in [6.07, 6.45) is 5.92. The van der Waals surface area contributed by atoms with Crippen LogP contribution in [0.3, 0.4) is 0 Å². The van der Waals surface area contributed by atoms with Gasteiger partial charge in [-0.05, 0) is 55.9 Å². The lowest BCUT2D eigenvalue weighted by Crippen LogP contribution is -2.48. The van der Waals surface area contributed by atoms with Crippen molar-refractivity contribution in [2.24, 2.45) is 0 Å². The normalized spacial score (nSPS) is 16.8. The highest BCUT2D eigenvalue weighted by Crippen LogP contribution is 2.23. The Balaban J connectivity index is 2.13. The van der Waals surface area contributed by atoms with Gasteiger partial charge in [0, 0.05) is 13.1 Å². The van der Waals surface area contributed by atoms with Gasteiger partial charge in [-0.2, -0.15) is 4.72 Å². The van der Waals surface area contributed by atoms with E-state index in [1.165, 1.54) is 0 Å². The number of hydrogen-bond acceptors (Lipinski definition) is 3. The van der Waals surface area contributed by atoms with Crippen molar-refractivity contribution in [2.45, 2.75) is 76.3 Å². The SMILES string of the molecule is CCc1ccc(S(=O)(=O)NC(C)C(=O)N(C)C2CCCC2)cc1CC. The van der Waals surface area contributed by atoms with Crippen LogP contribution in [0, 0.1) is 0 Å². The molecule has 0 spiro atoms. The summed E-state index contributed by atoms with van der Waals surface area (Å²) in [6.45, 7) is 5.69. The third-order valence-electron chi connectivity index (χ3n) is 5.17. The van der Waals surface area contributed by atoms with E-state index in [-0.39, 0.29) is 16.8 Å². The summed E-state index contributed by atoms with van der Waals surface area (Å²) >= 11 is 0. The molecule has 1 aromatic rings. The summed E-state index contributed by atoms with van der Waals surface area (Å²) in [5, 5.41) is 0. The standard InChI is InChI=1S/C19H30N2O3S/c1-5-15-11-12-18(13-16(15)6-2)25(23,24)20-14(3)19(22)21(4)17-9-7-8-10-17/h11-14,17,20H,5-10H2,1-4H3. The van der Waals surface area contributed by atoms with Crippen LogP contribution in [0.25, 0.3) is 0 Å². The number of amides is 1. The van der Waals surface area contributed by atoms with Crippen molar-refractivity contribution in [3.8, 4) is 0 Å². The molecular weight excluding hydrogens is 336 g/mol. The van der Waals surface area contributed by atoms with Crippen molar-refractivity contribution in [1.82, 2.24) is 9.62 Å². The van der Waals surface area contributed by atoms with E-state index in [2.05, 4.69) is 11.6 Å². The summed E-state index contributed by atoms with van der Waals surface area (Å²) in [6, 6.07) is 4.67. The summed E-state index contributed by atoms with van der Waals surface area (Å²) in [4.78, 5) is 14.5. The highest BCUT2D eigenvalue weighted by molar-refractivity contribution is 7.89. The first-order valence-corrected chi connectivity index (χ1v) is 10.7. The van der Waals surface area contributed by atoms with Crippen molar-refractivity contribution in [1.29, 1.82) is 0 Å². The number of carbonyl (C=O) groups is 1. The number of hydrogen-bond donors (Lipinski definition) is 1. The molecular formula is C19H30N2O3S. The van der Waals surface area contributed by atoms with Crippen LogP contribution in [0.5, 0.6) is 0 Å². The molecule has 0 aromatic heterocycles. The second-order valence-electron chi connectivity index (χ2n) is 6.87. The molecule has 0 bridgehead atoms. The quantitative estimate of drug-likeness (QED) is 0.807. The minimum absolute atomic E-state index is 0.170. The number of aryl methyl sites for hydroxylation is 2. The first-order valence-electron chi connectivity index (χ1n) is 9.21. The van der Waals surface area contributed by atoms with Gasteiger partial charge in [0.2, 0.25) is 15.9 Å². The van der Waals surface area contributed by atoms with E-state index in [0.717, 1.165) is 49.7 Å². The molecule has 1 aliphatic carbocycles. The number of rotatable bonds is 7. The number of benzene rings is 1. The van der Waals surface area contributed by atoms with Crippen molar-refractivity contribution in [3.05, 3.63) is 29.3 Å². The Morgan fingerprint density at radius 2 is 1.80 bits per heavy atom. The molecule has 1 fully saturated rings. The molecule has 1 amide bonds. The van der Waals surface area contributed by atoms with E-state index in [1.54, 1.807) is 31.0 Å². The number of nitrogens with zero attached hydrogens (tertiary/aromatic N) is 1. The molecule has 1 atom stereocenters. The largest absolute Gasteiger partial charge is 0.341 e. The summed E-state index contributed by atoms with van der Waals surface area (Å²) in [7, 11) is -1.94. The summed E-state index contributed by atoms with van der Waals surface area (Å²) in [5.74, 6) is -0.170. The topological polar surface area (TPSA) is 66.5 Å². The summed E-state index contributed by atoms with van der Waals surface area (Å²) in [5.41, 5.74) is 2.19. The summed E-state index contributed by atoms with van der Waals surface area (Å²) < 4.78 is 27.9. The van der Waals surface area contributed by atoms with Crippen LogP contribution in [0.4, 0.5) is 0 Å². The zero-order valence-corrected chi connectivity index (χ0v) is 16.5. The molecule has 5 nitrogen and oxygen atoms in total. The Kier molecular flexibility index (Phi) is 6.63. The van der Waals surface area contributed by atoms with Gasteiger partial charge in [-0.15, -0.1) is 0 Å². The highest BCUT2D eigenvalue weighted by Gasteiger charge is 2.29. The molecule has 1 aromatic carbocycles. The van der Waals surface area contributed by atoms with E-state index >= 15 is 0 Å². The fourth-order valence-electron chi connectivity index (χ4n) is 3.57. The maximum Gasteiger partial charge on any atom is 0.241 e. The second kappa shape index (κ2) is 8.32. The molecule has 1 N–H and O–H groups in total. The monoisotopic (exact) mass is 366 g/mol. The third-order valence-corrected chi connectivity index (χ3v) is 6.71. The average molecular weight is 367 g/mol. The predicted octanol–water partition coefficient (Wildman–Crippen LogP) is 2.88. The number of sulfonamides is 1. The van der Waals surface area contributed by atoms with Gasteiger partial charge in [-0.3, -0.25) is 4.79 Å². The maximum atomic E-state index is 12.7. The van der Waals surface area contributed by atoms with Gasteiger partial charge in [-0.25, -0.2) is 8.42 Å². The third kappa shape index (κ3) is 4.61. The number of nitrogens with one attached hydrogen (secondary N) is 1. The molecule has 0 radical (unpaired) electrons. The fraction of sp³-hybridized carbons (Fsp3) is 0.632. The first kappa shape index (κ1) is 19.9. The smallest absolute Gasteiger partial charge is 0.241 e. The molecule has 140 valence electrons. The van der Waals surface area contributed by atoms with Crippen LogP contribution < -0.4 is 4.72 Å². The van der Waals surface area contributed by atoms with E-state index in [0.29, 0.717) is 0 Å².